The van der Waals surface area contributed by atoms with Crippen LogP contribution in [0.3, 0.4) is 0 Å². The van der Waals surface area contributed by atoms with Gasteiger partial charge < -0.3 is 10.3 Å². The number of aromatic amines is 1. The lowest BCUT2D eigenvalue weighted by Gasteiger charge is -2.08. The number of amides is 1. The second-order valence-electron chi connectivity index (χ2n) is 7.76. The molecule has 0 atom stereocenters. The molecule has 0 fully saturated rings. The lowest BCUT2D eigenvalue weighted by molar-refractivity contribution is -0.142. The minimum absolute atomic E-state index is 0.188. The highest BCUT2D eigenvalue weighted by molar-refractivity contribution is 6.01. The van der Waals surface area contributed by atoms with Crippen LogP contribution in [-0.2, 0) is 17.8 Å². The fourth-order valence-corrected chi connectivity index (χ4v) is 3.77. The Morgan fingerprint density at radius 1 is 1.00 bits per heavy atom. The summed E-state index contributed by atoms with van der Waals surface area (Å²) in [5.41, 5.74) is 4.90. The maximum atomic E-state index is 12.5. The molecule has 0 unspecified atom stereocenters. The van der Waals surface area contributed by atoms with Crippen LogP contribution in [0.1, 0.15) is 5.69 Å². The van der Waals surface area contributed by atoms with E-state index in [2.05, 4.69) is 30.4 Å². The van der Waals surface area contributed by atoms with Crippen LogP contribution in [0, 0.1) is 0 Å². The molecule has 8 nitrogen and oxygen atoms in total. The first-order chi connectivity index (χ1) is 16.9. The van der Waals surface area contributed by atoms with Gasteiger partial charge in [0.1, 0.15) is 12.4 Å². The number of aromatic nitrogens is 6. The molecule has 5 rings (SSSR count). The molecule has 0 aliphatic rings. The lowest BCUT2D eigenvalue weighted by atomic mass is 10.0. The second kappa shape index (κ2) is 9.01. The number of nitrogens with one attached hydrogen (secondary N) is 2. The molecule has 0 spiro atoms. The van der Waals surface area contributed by atoms with Gasteiger partial charge in [0.25, 0.3) is 0 Å². The third-order valence-electron chi connectivity index (χ3n) is 5.17. The summed E-state index contributed by atoms with van der Waals surface area (Å²) in [6.45, 7) is -1.21. The number of pyridine rings is 3. The molecule has 5 aromatic rings. The average molecular weight is 477 g/mol. The maximum absolute atomic E-state index is 12.5. The number of nitrogens with zero attached hydrogens (tertiary/aromatic N) is 5. The van der Waals surface area contributed by atoms with E-state index in [0.717, 1.165) is 38.2 Å². The Hall–Kier alpha value is -4.54. The third-order valence-corrected chi connectivity index (χ3v) is 5.17. The molecule has 35 heavy (non-hydrogen) atoms. The van der Waals surface area contributed by atoms with Crippen LogP contribution < -0.4 is 5.32 Å². The quantitative estimate of drug-likeness (QED) is 0.372. The first-order valence-corrected chi connectivity index (χ1v) is 10.6. The van der Waals surface area contributed by atoms with Crippen molar-refractivity contribution < 1.29 is 18.0 Å². The summed E-state index contributed by atoms with van der Waals surface area (Å²) in [6.07, 6.45) is 1.59. The summed E-state index contributed by atoms with van der Waals surface area (Å²) in [7, 11) is 0. The van der Waals surface area contributed by atoms with E-state index < -0.39 is 18.6 Å². The molecule has 11 heteroatoms. The zero-order chi connectivity index (χ0) is 24.4. The van der Waals surface area contributed by atoms with E-state index in [4.69, 9.17) is 0 Å². The van der Waals surface area contributed by atoms with Gasteiger partial charge in [0, 0.05) is 30.4 Å². The number of anilines is 1. The molecule has 0 saturated heterocycles. The molecule has 176 valence electrons. The summed E-state index contributed by atoms with van der Waals surface area (Å²) in [5, 5.41) is 6.49. The number of halogens is 3. The molecule has 0 aliphatic heterocycles. The molecule has 5 heterocycles. The van der Waals surface area contributed by atoms with Crippen molar-refractivity contribution >= 4 is 22.8 Å². The Morgan fingerprint density at radius 3 is 2.66 bits per heavy atom. The predicted octanol–water partition coefficient (Wildman–Crippen LogP) is 4.63. The van der Waals surface area contributed by atoms with Gasteiger partial charge in [-0.05, 0) is 42.5 Å². The lowest BCUT2D eigenvalue weighted by Crippen LogP contribution is -2.19. The van der Waals surface area contributed by atoms with E-state index in [1.54, 1.807) is 30.7 Å². The molecule has 0 bridgehead atoms. The van der Waals surface area contributed by atoms with E-state index in [9.17, 15) is 18.0 Å². The summed E-state index contributed by atoms with van der Waals surface area (Å²) in [4.78, 5) is 29.1. The number of rotatable bonds is 6. The first kappa shape index (κ1) is 22.3. The first-order valence-electron chi connectivity index (χ1n) is 10.6. The number of fused-ring (bicyclic) bond motifs is 1. The SMILES string of the molecule is O=C(Cc1ccn(CC(F)(F)F)n1)Nc1cc(-c2[nH]c3cccnc3c2-c2ccccn2)ccn1. The highest BCUT2D eigenvalue weighted by Crippen LogP contribution is 2.36. The number of hydrogen-bond donors (Lipinski definition) is 2. The van der Waals surface area contributed by atoms with Crippen molar-refractivity contribution in [1.82, 2.24) is 29.7 Å². The van der Waals surface area contributed by atoms with Crippen LogP contribution in [-0.4, -0.2) is 41.8 Å². The average Bonchev–Trinajstić information content (AvgIpc) is 3.42. The molecular weight excluding hydrogens is 459 g/mol. The van der Waals surface area contributed by atoms with Gasteiger partial charge in [0.2, 0.25) is 5.91 Å². The number of carbonyl (C=O) groups excluding carboxylic acids is 1. The Balaban J connectivity index is 1.40. The van der Waals surface area contributed by atoms with E-state index in [1.807, 2.05) is 30.3 Å². The monoisotopic (exact) mass is 477 g/mol. The maximum Gasteiger partial charge on any atom is 0.408 e. The molecule has 0 saturated carbocycles. The van der Waals surface area contributed by atoms with E-state index in [-0.39, 0.29) is 12.1 Å². The van der Waals surface area contributed by atoms with Crippen molar-refractivity contribution in [2.45, 2.75) is 19.1 Å². The summed E-state index contributed by atoms with van der Waals surface area (Å²) in [5.74, 6) is -0.156. The van der Waals surface area contributed by atoms with Crippen LogP contribution in [0.2, 0.25) is 0 Å². The predicted molar refractivity (Wildman–Crippen MR) is 123 cm³/mol. The van der Waals surface area contributed by atoms with Crippen molar-refractivity contribution in [2.24, 2.45) is 0 Å². The minimum atomic E-state index is -4.39. The molecular formula is C24H18F3N7O. The van der Waals surface area contributed by atoms with Gasteiger partial charge in [0.05, 0.1) is 40.1 Å². The molecule has 0 aromatic carbocycles. The van der Waals surface area contributed by atoms with Crippen LogP contribution >= 0.6 is 0 Å². The highest BCUT2D eigenvalue weighted by Gasteiger charge is 2.28. The smallest absolute Gasteiger partial charge is 0.353 e. The van der Waals surface area contributed by atoms with E-state index in [0.29, 0.717) is 5.82 Å². The van der Waals surface area contributed by atoms with Gasteiger partial charge >= 0.3 is 6.18 Å². The molecule has 1 amide bonds. The number of hydrogen-bond acceptors (Lipinski definition) is 5. The standard InChI is InChI=1S/C24H18F3N7O/c25-24(26,27)14-34-11-7-16(33-34)13-20(35)32-19-12-15(6-10-29-19)22-21(17-4-1-2-8-28-17)23-18(31-22)5-3-9-30-23/h1-12,31H,13-14H2,(H,29,32,35). The fraction of sp³-hybridized carbons (Fsp3) is 0.125. The normalized spacial score (nSPS) is 11.6. The molecule has 2 N–H and O–H groups in total. The van der Waals surface area contributed by atoms with Crippen molar-refractivity contribution in [3.8, 4) is 22.5 Å². The minimum Gasteiger partial charge on any atom is -0.353 e. The Morgan fingerprint density at radius 2 is 1.86 bits per heavy atom. The number of H-pyrrole nitrogens is 1. The van der Waals surface area contributed by atoms with Gasteiger partial charge in [-0.2, -0.15) is 18.3 Å². The number of carbonyl (C=O) groups is 1. The Bertz CT molecular complexity index is 1490. The van der Waals surface area contributed by atoms with Gasteiger partial charge in [-0.15, -0.1) is 0 Å². The zero-order valence-corrected chi connectivity index (χ0v) is 18.1. The van der Waals surface area contributed by atoms with Crippen LogP contribution in [0.4, 0.5) is 19.0 Å². The topological polar surface area (TPSA) is 101 Å². The number of alkyl halides is 3. The second-order valence-corrected chi connectivity index (χ2v) is 7.76. The van der Waals surface area contributed by atoms with Crippen molar-refractivity contribution in [2.75, 3.05) is 5.32 Å². The molecule has 5 aromatic heterocycles. The van der Waals surface area contributed by atoms with Crippen molar-refractivity contribution in [3.05, 3.63) is 79.0 Å². The van der Waals surface area contributed by atoms with Crippen molar-refractivity contribution in [3.63, 3.8) is 0 Å². The molecule has 0 aliphatic carbocycles. The van der Waals surface area contributed by atoms with E-state index in [1.165, 1.54) is 12.3 Å². The highest BCUT2D eigenvalue weighted by atomic mass is 19.4. The Labute approximate surface area is 196 Å². The summed E-state index contributed by atoms with van der Waals surface area (Å²) >= 11 is 0. The molecule has 0 radical (unpaired) electrons. The fourth-order valence-electron chi connectivity index (χ4n) is 3.77. The Kier molecular flexibility index (Phi) is 5.73. The van der Waals surface area contributed by atoms with Crippen LogP contribution in [0.5, 0.6) is 0 Å². The largest absolute Gasteiger partial charge is 0.408 e. The van der Waals surface area contributed by atoms with Gasteiger partial charge in [-0.1, -0.05) is 6.07 Å². The van der Waals surface area contributed by atoms with Gasteiger partial charge in [0.15, 0.2) is 0 Å². The summed E-state index contributed by atoms with van der Waals surface area (Å²) in [6, 6.07) is 14.2. The van der Waals surface area contributed by atoms with Crippen molar-refractivity contribution in [1.29, 1.82) is 0 Å². The third kappa shape index (κ3) is 5.03. The zero-order valence-electron chi connectivity index (χ0n) is 18.1. The van der Waals surface area contributed by atoms with Gasteiger partial charge in [-0.3, -0.25) is 19.4 Å². The summed E-state index contributed by atoms with van der Waals surface area (Å²) < 4.78 is 38.3. The van der Waals surface area contributed by atoms with Crippen LogP contribution in [0.15, 0.2) is 73.3 Å². The van der Waals surface area contributed by atoms with E-state index >= 15 is 0 Å². The van der Waals surface area contributed by atoms with Crippen LogP contribution in [0.25, 0.3) is 33.5 Å². The van der Waals surface area contributed by atoms with Gasteiger partial charge in [-0.25, -0.2) is 4.98 Å².